The average Bonchev–Trinajstić information content (AvgIpc) is 2.36. The Morgan fingerprint density at radius 3 is 2.61 bits per heavy atom. The SMILES string of the molecule is Cc1nc(Cl)c(C)c(OCCN2CCCCC2)n1. The molecule has 1 fully saturated rings. The van der Waals surface area contributed by atoms with E-state index in [1.807, 2.05) is 13.8 Å². The molecule has 0 aliphatic carbocycles. The van der Waals surface area contributed by atoms with Crippen LogP contribution in [0, 0.1) is 13.8 Å². The number of piperidine rings is 1. The monoisotopic (exact) mass is 269 g/mol. The summed E-state index contributed by atoms with van der Waals surface area (Å²) in [5, 5.41) is 0.482. The lowest BCUT2D eigenvalue weighted by Crippen LogP contribution is -2.33. The first-order valence-electron chi connectivity index (χ1n) is 6.52. The topological polar surface area (TPSA) is 38.2 Å². The highest BCUT2D eigenvalue weighted by Crippen LogP contribution is 2.21. The predicted octanol–water partition coefficient (Wildman–Crippen LogP) is 2.61. The quantitative estimate of drug-likeness (QED) is 0.788. The van der Waals surface area contributed by atoms with Gasteiger partial charge in [0.25, 0.3) is 0 Å². The van der Waals surface area contributed by atoms with Gasteiger partial charge in [-0.1, -0.05) is 18.0 Å². The molecule has 0 N–H and O–H groups in total. The van der Waals surface area contributed by atoms with Crippen molar-refractivity contribution < 1.29 is 4.74 Å². The van der Waals surface area contributed by atoms with Gasteiger partial charge in [-0.3, -0.25) is 4.90 Å². The Morgan fingerprint density at radius 2 is 1.89 bits per heavy atom. The summed E-state index contributed by atoms with van der Waals surface area (Å²) < 4.78 is 5.72. The van der Waals surface area contributed by atoms with Gasteiger partial charge >= 0.3 is 0 Å². The zero-order chi connectivity index (χ0) is 13.0. The number of hydrogen-bond donors (Lipinski definition) is 0. The maximum Gasteiger partial charge on any atom is 0.221 e. The zero-order valence-electron chi connectivity index (χ0n) is 11.1. The first-order valence-corrected chi connectivity index (χ1v) is 6.90. The van der Waals surface area contributed by atoms with Gasteiger partial charge in [0.05, 0.1) is 0 Å². The maximum atomic E-state index is 6.01. The highest BCUT2D eigenvalue weighted by molar-refractivity contribution is 6.30. The summed E-state index contributed by atoms with van der Waals surface area (Å²) in [6.07, 6.45) is 3.96. The van der Waals surface area contributed by atoms with Gasteiger partial charge in [-0.25, -0.2) is 4.98 Å². The maximum absolute atomic E-state index is 6.01. The molecule has 1 aliphatic rings. The standard InChI is InChI=1S/C13H20ClN3O/c1-10-12(14)15-11(2)16-13(10)18-9-8-17-6-4-3-5-7-17/h3-9H2,1-2H3. The van der Waals surface area contributed by atoms with E-state index in [1.54, 1.807) is 0 Å². The summed E-state index contributed by atoms with van der Waals surface area (Å²) in [6.45, 7) is 7.70. The summed E-state index contributed by atoms with van der Waals surface area (Å²) >= 11 is 6.01. The van der Waals surface area contributed by atoms with Gasteiger partial charge in [0, 0.05) is 12.1 Å². The van der Waals surface area contributed by atoms with Crippen molar-refractivity contribution in [3.63, 3.8) is 0 Å². The Balaban J connectivity index is 1.86. The van der Waals surface area contributed by atoms with E-state index < -0.39 is 0 Å². The van der Waals surface area contributed by atoms with Crippen LogP contribution < -0.4 is 4.74 Å². The molecule has 0 amide bonds. The molecule has 4 nitrogen and oxygen atoms in total. The third-order valence-electron chi connectivity index (χ3n) is 3.25. The number of rotatable bonds is 4. The zero-order valence-corrected chi connectivity index (χ0v) is 11.8. The fraction of sp³-hybridized carbons (Fsp3) is 0.692. The number of aromatic nitrogens is 2. The number of aryl methyl sites for hydroxylation is 1. The van der Waals surface area contributed by atoms with Crippen LogP contribution in [0.15, 0.2) is 0 Å². The average molecular weight is 270 g/mol. The van der Waals surface area contributed by atoms with E-state index >= 15 is 0 Å². The Morgan fingerprint density at radius 1 is 1.17 bits per heavy atom. The molecule has 0 radical (unpaired) electrons. The molecule has 18 heavy (non-hydrogen) atoms. The number of likely N-dealkylation sites (tertiary alicyclic amines) is 1. The molecule has 0 aromatic carbocycles. The van der Waals surface area contributed by atoms with Gasteiger partial charge in [-0.05, 0) is 39.8 Å². The predicted molar refractivity (Wildman–Crippen MR) is 72.3 cm³/mol. The third-order valence-corrected chi connectivity index (χ3v) is 3.62. The van der Waals surface area contributed by atoms with Gasteiger partial charge in [0.1, 0.15) is 17.6 Å². The van der Waals surface area contributed by atoms with Gasteiger partial charge in [-0.2, -0.15) is 4.98 Å². The van der Waals surface area contributed by atoms with E-state index in [2.05, 4.69) is 14.9 Å². The number of nitrogens with zero attached hydrogens (tertiary/aromatic N) is 3. The van der Waals surface area contributed by atoms with Crippen LogP contribution in [0.2, 0.25) is 5.15 Å². The molecule has 0 saturated carbocycles. The van der Waals surface area contributed by atoms with Crippen LogP contribution in [-0.2, 0) is 0 Å². The number of ether oxygens (including phenoxy) is 1. The van der Waals surface area contributed by atoms with Crippen molar-refractivity contribution in [2.45, 2.75) is 33.1 Å². The van der Waals surface area contributed by atoms with Crippen LogP contribution in [0.4, 0.5) is 0 Å². The fourth-order valence-electron chi connectivity index (χ4n) is 2.16. The van der Waals surface area contributed by atoms with Crippen molar-refractivity contribution in [1.29, 1.82) is 0 Å². The first-order chi connectivity index (χ1) is 8.66. The van der Waals surface area contributed by atoms with Crippen molar-refractivity contribution >= 4 is 11.6 Å². The van der Waals surface area contributed by atoms with E-state index in [1.165, 1.54) is 32.4 Å². The molecule has 0 unspecified atom stereocenters. The molecule has 1 saturated heterocycles. The summed E-state index contributed by atoms with van der Waals surface area (Å²) in [6, 6.07) is 0. The van der Waals surface area contributed by atoms with Gasteiger partial charge < -0.3 is 4.74 Å². The second kappa shape index (κ2) is 6.34. The minimum absolute atomic E-state index is 0.482. The smallest absolute Gasteiger partial charge is 0.221 e. The minimum atomic E-state index is 0.482. The molecule has 2 heterocycles. The summed E-state index contributed by atoms with van der Waals surface area (Å²) in [5.74, 6) is 1.27. The van der Waals surface area contributed by atoms with E-state index in [-0.39, 0.29) is 0 Å². The molecular weight excluding hydrogens is 250 g/mol. The number of hydrogen-bond acceptors (Lipinski definition) is 4. The molecule has 1 aromatic rings. The number of halogens is 1. The lowest BCUT2D eigenvalue weighted by atomic mass is 10.1. The van der Waals surface area contributed by atoms with E-state index in [4.69, 9.17) is 16.3 Å². The van der Waals surface area contributed by atoms with Crippen molar-refractivity contribution in [3.05, 3.63) is 16.5 Å². The molecule has 1 aliphatic heterocycles. The normalized spacial score (nSPS) is 16.8. The van der Waals surface area contributed by atoms with E-state index in [0.29, 0.717) is 23.5 Å². The van der Waals surface area contributed by atoms with Crippen molar-refractivity contribution in [1.82, 2.24) is 14.9 Å². The minimum Gasteiger partial charge on any atom is -0.476 e. The molecule has 0 bridgehead atoms. The van der Waals surface area contributed by atoms with Gasteiger partial charge in [0.15, 0.2) is 0 Å². The Hall–Kier alpha value is -0.870. The molecule has 100 valence electrons. The third kappa shape index (κ3) is 3.56. The molecule has 0 atom stereocenters. The Bertz CT molecular complexity index is 405. The summed E-state index contributed by atoms with van der Waals surface area (Å²) in [4.78, 5) is 10.8. The summed E-state index contributed by atoms with van der Waals surface area (Å²) in [5.41, 5.74) is 0.820. The van der Waals surface area contributed by atoms with E-state index in [9.17, 15) is 0 Å². The Labute approximate surface area is 113 Å². The van der Waals surface area contributed by atoms with Crippen molar-refractivity contribution in [2.24, 2.45) is 0 Å². The van der Waals surface area contributed by atoms with Gasteiger partial charge in [-0.15, -0.1) is 0 Å². The Kier molecular flexibility index (Phi) is 4.78. The van der Waals surface area contributed by atoms with Gasteiger partial charge in [0.2, 0.25) is 5.88 Å². The second-order valence-electron chi connectivity index (χ2n) is 4.74. The molecular formula is C13H20ClN3O. The largest absolute Gasteiger partial charge is 0.476 e. The first kappa shape index (κ1) is 13.6. The molecule has 0 spiro atoms. The van der Waals surface area contributed by atoms with Crippen LogP contribution in [0.1, 0.15) is 30.7 Å². The van der Waals surface area contributed by atoms with Crippen LogP contribution >= 0.6 is 11.6 Å². The molecule has 1 aromatic heterocycles. The van der Waals surface area contributed by atoms with Crippen LogP contribution in [-0.4, -0.2) is 41.1 Å². The second-order valence-corrected chi connectivity index (χ2v) is 5.10. The lowest BCUT2D eigenvalue weighted by Gasteiger charge is -2.26. The molecule has 2 rings (SSSR count). The van der Waals surface area contributed by atoms with Crippen molar-refractivity contribution in [3.8, 4) is 5.88 Å². The van der Waals surface area contributed by atoms with Crippen LogP contribution in [0.25, 0.3) is 0 Å². The van der Waals surface area contributed by atoms with Crippen LogP contribution in [0.5, 0.6) is 5.88 Å². The highest BCUT2D eigenvalue weighted by Gasteiger charge is 2.11. The summed E-state index contributed by atoms with van der Waals surface area (Å²) in [7, 11) is 0. The lowest BCUT2D eigenvalue weighted by molar-refractivity contribution is 0.180. The highest BCUT2D eigenvalue weighted by atomic mass is 35.5. The van der Waals surface area contributed by atoms with E-state index in [0.717, 1.165) is 12.1 Å². The fourth-order valence-corrected chi connectivity index (χ4v) is 2.37. The van der Waals surface area contributed by atoms with Crippen LogP contribution in [0.3, 0.4) is 0 Å². The van der Waals surface area contributed by atoms with Crippen molar-refractivity contribution in [2.75, 3.05) is 26.2 Å². The molecule has 5 heteroatoms.